The number of nitrogens with one attached hydrogen (secondary N) is 1. The Kier molecular flexibility index (Phi) is 2.96. The maximum absolute atomic E-state index is 4.57. The summed E-state index contributed by atoms with van der Waals surface area (Å²) in [6, 6.07) is 0.495. The Bertz CT molecular complexity index is 583. The van der Waals surface area contributed by atoms with E-state index in [-0.39, 0.29) is 0 Å². The molecule has 2 aromatic rings. The Hall–Kier alpha value is -1.92. The van der Waals surface area contributed by atoms with Crippen LogP contribution in [0.25, 0.3) is 11.2 Å². The van der Waals surface area contributed by atoms with Crippen molar-refractivity contribution in [1.29, 1.82) is 0 Å². The van der Waals surface area contributed by atoms with Gasteiger partial charge in [-0.25, -0.2) is 4.68 Å². The van der Waals surface area contributed by atoms with Gasteiger partial charge >= 0.3 is 0 Å². The predicted octanol–water partition coefficient (Wildman–Crippen LogP) is 1.18. The SMILES string of the molecule is CN(C)c1nc(NC2CCCC2)c2nnn(C)c2n1. The molecule has 2 aromatic heterocycles. The van der Waals surface area contributed by atoms with Crippen LogP contribution in [0.4, 0.5) is 11.8 Å². The van der Waals surface area contributed by atoms with Gasteiger partial charge < -0.3 is 10.2 Å². The lowest BCUT2D eigenvalue weighted by molar-refractivity contribution is 0.729. The number of rotatable bonds is 3. The van der Waals surface area contributed by atoms with Crippen LogP contribution in [0.1, 0.15) is 25.7 Å². The second kappa shape index (κ2) is 4.64. The average Bonchev–Trinajstić information content (AvgIpc) is 3.00. The summed E-state index contributed by atoms with van der Waals surface area (Å²) in [4.78, 5) is 10.9. The van der Waals surface area contributed by atoms with Gasteiger partial charge in [0.05, 0.1) is 0 Å². The second-order valence-electron chi connectivity index (χ2n) is 5.28. The number of fused-ring (bicyclic) bond motifs is 1. The van der Waals surface area contributed by atoms with Crippen molar-refractivity contribution >= 4 is 22.9 Å². The van der Waals surface area contributed by atoms with Gasteiger partial charge in [0.25, 0.3) is 0 Å². The molecular weight excluding hydrogens is 242 g/mol. The molecule has 0 atom stereocenters. The molecule has 0 amide bonds. The Balaban J connectivity index is 2.04. The summed E-state index contributed by atoms with van der Waals surface area (Å²) < 4.78 is 1.68. The van der Waals surface area contributed by atoms with Gasteiger partial charge in [0.15, 0.2) is 17.0 Å². The topological polar surface area (TPSA) is 71.8 Å². The van der Waals surface area contributed by atoms with E-state index in [2.05, 4.69) is 25.6 Å². The second-order valence-corrected chi connectivity index (χ2v) is 5.28. The molecule has 2 heterocycles. The van der Waals surface area contributed by atoms with E-state index in [9.17, 15) is 0 Å². The van der Waals surface area contributed by atoms with Crippen LogP contribution in [0.2, 0.25) is 0 Å². The van der Waals surface area contributed by atoms with Crippen LogP contribution in [-0.2, 0) is 7.05 Å². The zero-order valence-electron chi connectivity index (χ0n) is 11.6. The zero-order valence-corrected chi connectivity index (χ0v) is 11.6. The van der Waals surface area contributed by atoms with Gasteiger partial charge in [-0.15, -0.1) is 5.10 Å². The minimum atomic E-state index is 0.495. The van der Waals surface area contributed by atoms with Gasteiger partial charge in [-0.3, -0.25) is 0 Å². The van der Waals surface area contributed by atoms with Crippen molar-refractivity contribution in [2.24, 2.45) is 7.05 Å². The van der Waals surface area contributed by atoms with Crippen LogP contribution in [0.3, 0.4) is 0 Å². The number of aryl methyl sites for hydroxylation is 1. The summed E-state index contributed by atoms with van der Waals surface area (Å²) >= 11 is 0. The smallest absolute Gasteiger partial charge is 0.228 e. The molecule has 0 bridgehead atoms. The molecule has 1 aliphatic rings. The maximum Gasteiger partial charge on any atom is 0.228 e. The minimum Gasteiger partial charge on any atom is -0.365 e. The number of hydrogen-bond acceptors (Lipinski definition) is 6. The molecule has 7 heteroatoms. The first-order chi connectivity index (χ1) is 9.15. The highest BCUT2D eigenvalue weighted by Gasteiger charge is 2.19. The predicted molar refractivity (Wildman–Crippen MR) is 74.3 cm³/mol. The molecule has 19 heavy (non-hydrogen) atoms. The summed E-state index contributed by atoms with van der Waals surface area (Å²) in [7, 11) is 5.72. The van der Waals surface area contributed by atoms with Crippen molar-refractivity contribution in [2.45, 2.75) is 31.7 Å². The van der Waals surface area contributed by atoms with E-state index >= 15 is 0 Å². The van der Waals surface area contributed by atoms with Crippen LogP contribution < -0.4 is 10.2 Å². The fourth-order valence-corrected chi connectivity index (χ4v) is 2.47. The summed E-state index contributed by atoms with van der Waals surface area (Å²) in [6.45, 7) is 0. The largest absolute Gasteiger partial charge is 0.365 e. The van der Waals surface area contributed by atoms with Crippen molar-refractivity contribution < 1.29 is 0 Å². The lowest BCUT2D eigenvalue weighted by Crippen LogP contribution is -2.19. The number of nitrogens with zero attached hydrogens (tertiary/aromatic N) is 6. The lowest BCUT2D eigenvalue weighted by Gasteiger charge is -2.15. The van der Waals surface area contributed by atoms with Crippen molar-refractivity contribution in [2.75, 3.05) is 24.3 Å². The van der Waals surface area contributed by atoms with Crippen molar-refractivity contribution in [3.8, 4) is 0 Å². The molecular formula is C12H19N7. The van der Waals surface area contributed by atoms with Gasteiger partial charge in [0.1, 0.15) is 0 Å². The van der Waals surface area contributed by atoms with Crippen molar-refractivity contribution in [3.63, 3.8) is 0 Å². The third-order valence-electron chi connectivity index (χ3n) is 3.54. The first-order valence-electron chi connectivity index (χ1n) is 6.66. The Morgan fingerprint density at radius 3 is 2.63 bits per heavy atom. The summed E-state index contributed by atoms with van der Waals surface area (Å²) in [6.07, 6.45) is 4.96. The minimum absolute atomic E-state index is 0.495. The van der Waals surface area contributed by atoms with Gasteiger partial charge in [-0.05, 0) is 12.8 Å². The molecule has 0 radical (unpaired) electrons. The van der Waals surface area contributed by atoms with Crippen LogP contribution in [0.15, 0.2) is 0 Å². The zero-order chi connectivity index (χ0) is 13.4. The van der Waals surface area contributed by atoms with Gasteiger partial charge in [0.2, 0.25) is 5.95 Å². The highest BCUT2D eigenvalue weighted by Crippen LogP contribution is 2.25. The van der Waals surface area contributed by atoms with Crippen LogP contribution in [-0.4, -0.2) is 45.1 Å². The molecule has 1 aliphatic carbocycles. The highest BCUT2D eigenvalue weighted by molar-refractivity contribution is 5.83. The van der Waals surface area contributed by atoms with Crippen molar-refractivity contribution in [3.05, 3.63) is 0 Å². The van der Waals surface area contributed by atoms with Crippen LogP contribution in [0, 0.1) is 0 Å². The molecule has 0 spiro atoms. The summed E-state index contributed by atoms with van der Waals surface area (Å²) in [5.74, 6) is 1.48. The van der Waals surface area contributed by atoms with E-state index in [0.717, 1.165) is 17.0 Å². The molecule has 0 aliphatic heterocycles. The Morgan fingerprint density at radius 1 is 1.21 bits per heavy atom. The number of hydrogen-bond donors (Lipinski definition) is 1. The summed E-state index contributed by atoms with van der Waals surface area (Å²) in [5.41, 5.74) is 1.51. The van der Waals surface area contributed by atoms with E-state index in [1.54, 1.807) is 4.68 Å². The van der Waals surface area contributed by atoms with E-state index in [1.165, 1.54) is 25.7 Å². The van der Waals surface area contributed by atoms with E-state index in [0.29, 0.717) is 12.0 Å². The molecule has 1 fully saturated rings. The molecule has 102 valence electrons. The fourth-order valence-electron chi connectivity index (χ4n) is 2.47. The van der Waals surface area contributed by atoms with Crippen LogP contribution >= 0.6 is 0 Å². The lowest BCUT2D eigenvalue weighted by atomic mass is 10.2. The quantitative estimate of drug-likeness (QED) is 0.894. The molecule has 0 aromatic carbocycles. The van der Waals surface area contributed by atoms with Crippen molar-refractivity contribution in [1.82, 2.24) is 25.0 Å². The molecule has 3 rings (SSSR count). The third-order valence-corrected chi connectivity index (χ3v) is 3.54. The number of aromatic nitrogens is 5. The molecule has 0 saturated heterocycles. The Labute approximate surface area is 112 Å². The Morgan fingerprint density at radius 2 is 1.95 bits per heavy atom. The average molecular weight is 261 g/mol. The first-order valence-corrected chi connectivity index (χ1v) is 6.66. The summed E-state index contributed by atoms with van der Waals surface area (Å²) in [5, 5.41) is 11.7. The van der Waals surface area contributed by atoms with E-state index in [4.69, 9.17) is 0 Å². The van der Waals surface area contributed by atoms with Gasteiger partial charge in [-0.1, -0.05) is 18.1 Å². The highest BCUT2D eigenvalue weighted by atomic mass is 15.4. The monoisotopic (exact) mass is 261 g/mol. The molecule has 1 saturated carbocycles. The van der Waals surface area contributed by atoms with Crippen LogP contribution in [0.5, 0.6) is 0 Å². The molecule has 1 N–H and O–H groups in total. The molecule has 7 nitrogen and oxygen atoms in total. The van der Waals surface area contributed by atoms with E-state index in [1.807, 2.05) is 26.0 Å². The third kappa shape index (κ3) is 2.20. The first kappa shape index (κ1) is 12.1. The van der Waals surface area contributed by atoms with Gasteiger partial charge in [-0.2, -0.15) is 9.97 Å². The maximum atomic E-state index is 4.57. The normalized spacial score (nSPS) is 16.2. The standard InChI is InChI=1S/C12H19N7/c1-18(2)12-14-10(13-8-6-4-5-7-8)9-11(15-12)19(3)17-16-9/h8H,4-7H2,1-3H3,(H,13,14,15). The fraction of sp³-hybridized carbons (Fsp3) is 0.667. The van der Waals surface area contributed by atoms with Gasteiger partial charge in [0, 0.05) is 27.2 Å². The van der Waals surface area contributed by atoms with E-state index < -0.39 is 0 Å². The number of anilines is 2. The molecule has 0 unspecified atom stereocenters.